The second-order valence-corrected chi connectivity index (χ2v) is 6.54. The van der Waals surface area contributed by atoms with Crippen molar-refractivity contribution in [1.29, 1.82) is 0 Å². The van der Waals surface area contributed by atoms with Gasteiger partial charge in [0.2, 0.25) is 0 Å². The maximum absolute atomic E-state index is 3.75. The van der Waals surface area contributed by atoms with Crippen LogP contribution >= 0.6 is 15.9 Å². The van der Waals surface area contributed by atoms with Crippen molar-refractivity contribution < 1.29 is 0 Å². The van der Waals surface area contributed by atoms with Gasteiger partial charge in [0, 0.05) is 29.1 Å². The number of halogens is 1. The summed E-state index contributed by atoms with van der Waals surface area (Å²) in [6.45, 7) is 5.76. The Labute approximate surface area is 119 Å². The first-order valence-electron chi connectivity index (χ1n) is 6.75. The van der Waals surface area contributed by atoms with E-state index in [1.807, 2.05) is 0 Å². The number of likely N-dealkylation sites (N-methyl/N-ethyl adjacent to an activating group) is 1. The monoisotopic (exact) mass is 310 g/mol. The van der Waals surface area contributed by atoms with Crippen molar-refractivity contribution >= 4 is 15.9 Å². The van der Waals surface area contributed by atoms with Gasteiger partial charge in [0.05, 0.1) is 0 Å². The Morgan fingerprint density at radius 2 is 2.06 bits per heavy atom. The van der Waals surface area contributed by atoms with E-state index in [-0.39, 0.29) is 0 Å². The summed E-state index contributed by atoms with van der Waals surface area (Å²) >= 11 is 3.47. The number of nitrogens with one attached hydrogen (secondary N) is 1. The molecular formula is C15H23BrN2. The fourth-order valence-corrected chi connectivity index (χ4v) is 3.01. The third-order valence-electron chi connectivity index (χ3n) is 3.86. The fourth-order valence-electron chi connectivity index (χ4n) is 2.75. The Hall–Kier alpha value is -0.380. The molecule has 0 radical (unpaired) electrons. The Morgan fingerprint density at radius 3 is 2.61 bits per heavy atom. The van der Waals surface area contributed by atoms with E-state index in [1.165, 1.54) is 18.5 Å². The van der Waals surface area contributed by atoms with Gasteiger partial charge in [0.15, 0.2) is 0 Å². The third kappa shape index (κ3) is 3.81. The average molecular weight is 311 g/mol. The molecule has 1 heterocycles. The van der Waals surface area contributed by atoms with Gasteiger partial charge in [-0.3, -0.25) is 0 Å². The van der Waals surface area contributed by atoms with E-state index in [1.54, 1.807) is 0 Å². The third-order valence-corrected chi connectivity index (χ3v) is 4.39. The van der Waals surface area contributed by atoms with Crippen molar-refractivity contribution in [2.75, 3.05) is 13.6 Å². The molecule has 0 saturated carbocycles. The first-order valence-corrected chi connectivity index (χ1v) is 7.54. The molecule has 3 heteroatoms. The molecule has 1 N–H and O–H groups in total. The summed E-state index contributed by atoms with van der Waals surface area (Å²) in [7, 11) is 2.21. The van der Waals surface area contributed by atoms with Gasteiger partial charge in [0.1, 0.15) is 0 Å². The van der Waals surface area contributed by atoms with Crippen LogP contribution in [0.2, 0.25) is 0 Å². The van der Waals surface area contributed by atoms with Gasteiger partial charge in [-0.2, -0.15) is 0 Å². The number of hydrogen-bond acceptors (Lipinski definition) is 2. The summed E-state index contributed by atoms with van der Waals surface area (Å²) in [6.07, 6.45) is 2.36. The zero-order valence-corrected chi connectivity index (χ0v) is 13.1. The molecule has 2 rings (SSSR count). The van der Waals surface area contributed by atoms with Crippen molar-refractivity contribution in [2.24, 2.45) is 0 Å². The maximum atomic E-state index is 3.75. The highest BCUT2D eigenvalue weighted by atomic mass is 79.9. The Bertz CT molecular complexity index is 367. The molecule has 1 aromatic rings. The minimum atomic E-state index is 0.537. The number of rotatable bonds is 4. The topological polar surface area (TPSA) is 15.3 Å². The highest BCUT2D eigenvalue weighted by Gasteiger charge is 2.26. The lowest BCUT2D eigenvalue weighted by atomic mass is 10.1. The Morgan fingerprint density at radius 1 is 1.39 bits per heavy atom. The van der Waals surface area contributed by atoms with Gasteiger partial charge < -0.3 is 10.2 Å². The number of hydrogen-bond donors (Lipinski definition) is 1. The van der Waals surface area contributed by atoms with Crippen LogP contribution in [0.1, 0.15) is 25.8 Å². The zero-order valence-electron chi connectivity index (χ0n) is 11.5. The van der Waals surface area contributed by atoms with E-state index in [2.05, 4.69) is 71.3 Å². The highest BCUT2D eigenvalue weighted by molar-refractivity contribution is 9.10. The van der Waals surface area contributed by atoms with Crippen LogP contribution in [0.5, 0.6) is 0 Å². The second kappa shape index (κ2) is 6.18. The van der Waals surface area contributed by atoms with Gasteiger partial charge in [-0.15, -0.1) is 0 Å². The summed E-state index contributed by atoms with van der Waals surface area (Å²) in [4.78, 5) is 2.43. The lowest BCUT2D eigenvalue weighted by Gasteiger charge is -2.19. The van der Waals surface area contributed by atoms with Gasteiger partial charge in [-0.25, -0.2) is 0 Å². The van der Waals surface area contributed by atoms with Crippen molar-refractivity contribution in [3.63, 3.8) is 0 Å². The number of benzene rings is 1. The standard InChI is InChI=1S/C15H23BrN2/c1-11(8-13-4-6-14(16)7-5-13)17-15-9-12(2)18(3)10-15/h4-7,11-12,15,17H,8-10H2,1-3H3. The first-order chi connectivity index (χ1) is 8.54. The lowest BCUT2D eigenvalue weighted by Crippen LogP contribution is -2.39. The minimum Gasteiger partial charge on any atom is -0.310 e. The zero-order chi connectivity index (χ0) is 13.1. The molecule has 18 heavy (non-hydrogen) atoms. The molecule has 3 unspecified atom stereocenters. The summed E-state index contributed by atoms with van der Waals surface area (Å²) < 4.78 is 1.15. The van der Waals surface area contributed by atoms with Crippen molar-refractivity contribution in [3.05, 3.63) is 34.3 Å². The molecule has 100 valence electrons. The molecule has 1 aliphatic rings. The smallest absolute Gasteiger partial charge is 0.0212 e. The molecule has 0 amide bonds. The normalized spacial score (nSPS) is 26.4. The summed E-state index contributed by atoms with van der Waals surface area (Å²) in [5.41, 5.74) is 1.40. The molecular weight excluding hydrogens is 288 g/mol. The quantitative estimate of drug-likeness (QED) is 0.919. The predicted octanol–water partition coefficient (Wildman–Crippen LogP) is 3.06. The van der Waals surface area contributed by atoms with Crippen molar-refractivity contribution in [3.8, 4) is 0 Å². The molecule has 0 aromatic heterocycles. The van der Waals surface area contributed by atoms with Gasteiger partial charge >= 0.3 is 0 Å². The predicted molar refractivity (Wildman–Crippen MR) is 80.9 cm³/mol. The number of likely N-dealkylation sites (tertiary alicyclic amines) is 1. The van der Waals surface area contributed by atoms with Crippen LogP contribution in [0.3, 0.4) is 0 Å². The van der Waals surface area contributed by atoms with Gasteiger partial charge in [-0.1, -0.05) is 28.1 Å². The van der Waals surface area contributed by atoms with Crippen LogP contribution < -0.4 is 5.32 Å². The van der Waals surface area contributed by atoms with E-state index in [4.69, 9.17) is 0 Å². The maximum Gasteiger partial charge on any atom is 0.0212 e. The SMILES string of the molecule is CC(Cc1ccc(Br)cc1)NC1CC(C)N(C)C1. The van der Waals surface area contributed by atoms with Crippen LogP contribution in [0.25, 0.3) is 0 Å². The highest BCUT2D eigenvalue weighted by Crippen LogP contribution is 2.16. The molecule has 1 aliphatic heterocycles. The molecule has 1 saturated heterocycles. The molecule has 0 spiro atoms. The average Bonchev–Trinajstić information content (AvgIpc) is 2.61. The molecule has 1 aromatic carbocycles. The van der Waals surface area contributed by atoms with Gasteiger partial charge in [-0.05, 0) is 51.4 Å². The van der Waals surface area contributed by atoms with E-state index in [9.17, 15) is 0 Å². The fraction of sp³-hybridized carbons (Fsp3) is 0.600. The van der Waals surface area contributed by atoms with Crippen LogP contribution in [-0.4, -0.2) is 36.6 Å². The van der Waals surface area contributed by atoms with Crippen molar-refractivity contribution in [2.45, 2.75) is 44.8 Å². The summed E-state index contributed by atoms with van der Waals surface area (Å²) in [6, 6.07) is 10.5. The Kier molecular flexibility index (Phi) is 4.82. The molecule has 3 atom stereocenters. The lowest BCUT2D eigenvalue weighted by molar-refractivity contribution is 0.324. The summed E-state index contributed by atoms with van der Waals surface area (Å²) in [5, 5.41) is 3.75. The van der Waals surface area contributed by atoms with E-state index in [0.29, 0.717) is 18.1 Å². The molecule has 1 fully saturated rings. The van der Waals surface area contributed by atoms with Gasteiger partial charge in [0.25, 0.3) is 0 Å². The largest absolute Gasteiger partial charge is 0.310 e. The van der Waals surface area contributed by atoms with Crippen LogP contribution in [0.4, 0.5) is 0 Å². The van der Waals surface area contributed by atoms with Crippen LogP contribution in [-0.2, 0) is 6.42 Å². The number of nitrogens with zero attached hydrogens (tertiary/aromatic N) is 1. The van der Waals surface area contributed by atoms with Crippen LogP contribution in [0, 0.1) is 0 Å². The Balaban J connectivity index is 1.82. The van der Waals surface area contributed by atoms with E-state index >= 15 is 0 Å². The molecule has 2 nitrogen and oxygen atoms in total. The molecule has 0 aliphatic carbocycles. The van der Waals surface area contributed by atoms with Crippen LogP contribution in [0.15, 0.2) is 28.7 Å². The summed E-state index contributed by atoms with van der Waals surface area (Å²) in [5.74, 6) is 0. The first kappa shape index (κ1) is 14.0. The minimum absolute atomic E-state index is 0.537. The van der Waals surface area contributed by atoms with Crippen molar-refractivity contribution in [1.82, 2.24) is 10.2 Å². The molecule has 0 bridgehead atoms. The van der Waals surface area contributed by atoms with E-state index < -0.39 is 0 Å². The second-order valence-electron chi connectivity index (χ2n) is 5.62. The van der Waals surface area contributed by atoms with E-state index in [0.717, 1.165) is 10.9 Å².